The molecule has 0 atom stereocenters. The minimum Gasteiger partial charge on any atom is -0.478 e. The van der Waals surface area contributed by atoms with E-state index in [1.165, 1.54) is 0 Å². The normalized spacial score (nSPS) is 10.6. The van der Waals surface area contributed by atoms with E-state index in [1.54, 1.807) is 35.2 Å². The number of aryl methyl sites for hydroxylation is 1. The van der Waals surface area contributed by atoms with Gasteiger partial charge in [0, 0.05) is 24.2 Å². The zero-order chi connectivity index (χ0) is 15.7. The first kappa shape index (κ1) is 14.2. The van der Waals surface area contributed by atoms with Crippen LogP contribution in [0.4, 0.5) is 0 Å². The first-order chi connectivity index (χ1) is 10.6. The van der Waals surface area contributed by atoms with Gasteiger partial charge in [-0.15, -0.1) is 0 Å². The molecule has 0 fully saturated rings. The van der Waals surface area contributed by atoms with Crippen LogP contribution in [0.2, 0.25) is 0 Å². The average Bonchev–Trinajstić information content (AvgIpc) is 2.90. The molecule has 0 bridgehead atoms. The zero-order valence-corrected chi connectivity index (χ0v) is 12.6. The summed E-state index contributed by atoms with van der Waals surface area (Å²) in [4.78, 5) is 18.4. The summed E-state index contributed by atoms with van der Waals surface area (Å²) >= 11 is 5.36. The minimum atomic E-state index is -0.962. The third-order valence-corrected chi connectivity index (χ3v) is 3.71. The molecule has 0 saturated carbocycles. The number of carbonyl (C=O) groups is 1. The van der Waals surface area contributed by atoms with Crippen molar-refractivity contribution in [2.24, 2.45) is 0 Å². The molecule has 0 aliphatic rings. The Labute approximate surface area is 131 Å². The van der Waals surface area contributed by atoms with Gasteiger partial charge in [0.1, 0.15) is 0 Å². The number of nitrogens with one attached hydrogen (secondary N) is 1. The number of hydrogen-bond donors (Lipinski definition) is 2. The van der Waals surface area contributed by atoms with Crippen LogP contribution in [0.15, 0.2) is 48.9 Å². The van der Waals surface area contributed by atoms with Gasteiger partial charge in [0.15, 0.2) is 4.77 Å². The molecule has 2 heterocycles. The summed E-state index contributed by atoms with van der Waals surface area (Å²) in [6, 6.07) is 8.75. The van der Waals surface area contributed by atoms with Gasteiger partial charge in [-0.25, -0.2) is 4.79 Å². The van der Waals surface area contributed by atoms with Crippen molar-refractivity contribution in [3.8, 4) is 16.9 Å². The predicted octanol–water partition coefficient (Wildman–Crippen LogP) is 3.60. The van der Waals surface area contributed by atoms with Crippen molar-refractivity contribution in [1.82, 2.24) is 14.5 Å². The lowest BCUT2D eigenvalue weighted by atomic mass is 10.1. The summed E-state index contributed by atoms with van der Waals surface area (Å²) in [5, 5.41) is 9.15. The molecule has 0 amide bonds. The summed E-state index contributed by atoms with van der Waals surface area (Å²) in [5.41, 5.74) is 3.67. The highest BCUT2D eigenvalue weighted by atomic mass is 32.1. The van der Waals surface area contributed by atoms with E-state index in [-0.39, 0.29) is 5.56 Å². The quantitative estimate of drug-likeness (QED) is 0.725. The van der Waals surface area contributed by atoms with E-state index < -0.39 is 5.97 Å². The van der Waals surface area contributed by atoms with Crippen molar-refractivity contribution in [2.45, 2.75) is 6.92 Å². The summed E-state index contributed by atoms with van der Waals surface area (Å²) in [6.07, 6.45) is 5.30. The molecule has 0 radical (unpaired) electrons. The number of carboxylic acid groups (broad SMARTS) is 1. The summed E-state index contributed by atoms with van der Waals surface area (Å²) in [7, 11) is 0. The lowest BCUT2D eigenvalue weighted by Gasteiger charge is -2.07. The highest BCUT2D eigenvalue weighted by molar-refractivity contribution is 7.71. The van der Waals surface area contributed by atoms with E-state index in [0.717, 1.165) is 22.5 Å². The molecule has 110 valence electrons. The molecule has 1 aromatic carbocycles. The molecule has 0 spiro atoms. The highest BCUT2D eigenvalue weighted by Gasteiger charge is 2.10. The van der Waals surface area contributed by atoms with Gasteiger partial charge in [-0.05, 0) is 49.0 Å². The average molecular weight is 311 g/mol. The van der Waals surface area contributed by atoms with E-state index in [0.29, 0.717) is 4.77 Å². The number of carboxylic acids is 1. The molecular formula is C16H13N3O2S. The topological polar surface area (TPSA) is 70.9 Å². The van der Waals surface area contributed by atoms with Gasteiger partial charge >= 0.3 is 5.97 Å². The van der Waals surface area contributed by atoms with Crippen LogP contribution in [0.25, 0.3) is 16.9 Å². The number of pyridine rings is 1. The largest absolute Gasteiger partial charge is 0.478 e. The van der Waals surface area contributed by atoms with Gasteiger partial charge in [-0.2, -0.15) is 0 Å². The molecule has 0 saturated heterocycles. The van der Waals surface area contributed by atoms with Crippen LogP contribution in [0.3, 0.4) is 0 Å². The van der Waals surface area contributed by atoms with Crippen LogP contribution in [-0.2, 0) is 0 Å². The monoisotopic (exact) mass is 311 g/mol. The lowest BCUT2D eigenvalue weighted by molar-refractivity contribution is 0.0697. The van der Waals surface area contributed by atoms with Gasteiger partial charge in [0.2, 0.25) is 0 Å². The van der Waals surface area contributed by atoms with E-state index in [9.17, 15) is 4.79 Å². The summed E-state index contributed by atoms with van der Waals surface area (Å²) in [5.74, 6) is -0.962. The molecule has 5 nitrogen and oxygen atoms in total. The van der Waals surface area contributed by atoms with E-state index >= 15 is 0 Å². The van der Waals surface area contributed by atoms with E-state index in [4.69, 9.17) is 17.3 Å². The Hall–Kier alpha value is -2.73. The Morgan fingerprint density at radius 2 is 2.18 bits per heavy atom. The Balaban J connectivity index is 2.14. The van der Waals surface area contributed by atoms with Crippen molar-refractivity contribution in [3.63, 3.8) is 0 Å². The van der Waals surface area contributed by atoms with Gasteiger partial charge in [-0.3, -0.25) is 9.55 Å². The van der Waals surface area contributed by atoms with E-state index in [1.807, 2.05) is 25.3 Å². The molecule has 3 rings (SSSR count). The smallest absolute Gasteiger partial charge is 0.335 e. The summed E-state index contributed by atoms with van der Waals surface area (Å²) < 4.78 is 2.28. The standard InChI is InChI=1S/C16H13N3O2S/c1-10-4-5-11(15(20)21)7-14(10)19-9-13(18-16(19)22)12-3-2-6-17-8-12/h2-9H,1H3,(H,18,22)(H,20,21). The van der Waals surface area contributed by atoms with Gasteiger partial charge < -0.3 is 10.1 Å². The minimum absolute atomic E-state index is 0.228. The zero-order valence-electron chi connectivity index (χ0n) is 11.8. The fourth-order valence-electron chi connectivity index (χ4n) is 2.25. The fraction of sp³-hybridized carbons (Fsp3) is 0.0625. The Morgan fingerprint density at radius 3 is 2.86 bits per heavy atom. The van der Waals surface area contributed by atoms with Gasteiger partial charge in [0.25, 0.3) is 0 Å². The molecule has 0 aliphatic carbocycles. The third kappa shape index (κ3) is 2.56. The van der Waals surface area contributed by atoms with Crippen molar-refractivity contribution < 1.29 is 9.90 Å². The number of aromatic nitrogens is 3. The van der Waals surface area contributed by atoms with Crippen molar-refractivity contribution in [2.75, 3.05) is 0 Å². The van der Waals surface area contributed by atoms with Crippen molar-refractivity contribution in [1.29, 1.82) is 0 Å². The van der Waals surface area contributed by atoms with E-state index in [2.05, 4.69) is 9.97 Å². The maximum Gasteiger partial charge on any atom is 0.335 e. The maximum absolute atomic E-state index is 11.2. The molecule has 2 N–H and O–H groups in total. The molecule has 22 heavy (non-hydrogen) atoms. The number of aromatic amines is 1. The number of H-pyrrole nitrogens is 1. The SMILES string of the molecule is Cc1ccc(C(=O)O)cc1-n1cc(-c2cccnc2)[nH]c1=S. The Kier molecular flexibility index (Phi) is 3.60. The second-order valence-corrected chi connectivity index (χ2v) is 5.28. The van der Waals surface area contributed by atoms with Crippen LogP contribution in [-0.4, -0.2) is 25.6 Å². The Bertz CT molecular complexity index is 897. The molecule has 3 aromatic rings. The second kappa shape index (κ2) is 5.57. The molecular weight excluding hydrogens is 298 g/mol. The summed E-state index contributed by atoms with van der Waals surface area (Å²) in [6.45, 7) is 1.92. The van der Waals surface area contributed by atoms with Gasteiger partial charge in [0.05, 0.1) is 16.9 Å². The van der Waals surface area contributed by atoms with Crippen LogP contribution < -0.4 is 0 Å². The number of imidazole rings is 1. The first-order valence-electron chi connectivity index (χ1n) is 6.62. The lowest BCUT2D eigenvalue weighted by Crippen LogP contribution is -2.01. The number of hydrogen-bond acceptors (Lipinski definition) is 3. The second-order valence-electron chi connectivity index (χ2n) is 4.89. The third-order valence-electron chi connectivity index (χ3n) is 3.41. The maximum atomic E-state index is 11.2. The van der Waals surface area contributed by atoms with Crippen LogP contribution in [0.1, 0.15) is 15.9 Å². The van der Waals surface area contributed by atoms with Gasteiger partial charge in [-0.1, -0.05) is 6.07 Å². The fourth-order valence-corrected chi connectivity index (χ4v) is 2.51. The predicted molar refractivity (Wildman–Crippen MR) is 85.9 cm³/mol. The van der Waals surface area contributed by atoms with Crippen molar-refractivity contribution >= 4 is 18.2 Å². The molecule has 0 aliphatic heterocycles. The Morgan fingerprint density at radius 1 is 1.36 bits per heavy atom. The van der Waals surface area contributed by atoms with Crippen LogP contribution >= 0.6 is 12.2 Å². The van der Waals surface area contributed by atoms with Crippen LogP contribution in [0.5, 0.6) is 0 Å². The number of benzene rings is 1. The molecule has 0 unspecified atom stereocenters. The highest BCUT2D eigenvalue weighted by Crippen LogP contribution is 2.22. The number of nitrogens with zero attached hydrogens (tertiary/aromatic N) is 2. The van der Waals surface area contributed by atoms with Crippen molar-refractivity contribution in [3.05, 3.63) is 64.8 Å². The number of rotatable bonds is 3. The van der Waals surface area contributed by atoms with Crippen LogP contribution in [0, 0.1) is 11.7 Å². The molecule has 2 aromatic heterocycles. The first-order valence-corrected chi connectivity index (χ1v) is 7.03. The number of aromatic carboxylic acids is 1. The molecule has 6 heteroatoms.